The molecule has 0 amide bonds. The van der Waals surface area contributed by atoms with Crippen LogP contribution < -0.4 is 0 Å². The van der Waals surface area contributed by atoms with Gasteiger partial charge in [0.2, 0.25) is 0 Å². The number of aryl methyl sites for hydroxylation is 1. The maximum absolute atomic E-state index is 11.2. The summed E-state index contributed by atoms with van der Waals surface area (Å²) >= 11 is 5.82. The largest absolute Gasteiger partial charge is 0.466 e. The van der Waals surface area contributed by atoms with E-state index in [9.17, 15) is 4.79 Å². The highest BCUT2D eigenvalue weighted by Crippen LogP contribution is 2.12. The first kappa shape index (κ1) is 13.0. The minimum atomic E-state index is -0.242. The fraction of sp³-hybridized carbons (Fsp3) is 0.417. The van der Waals surface area contributed by atoms with E-state index < -0.39 is 0 Å². The molecule has 0 aliphatic heterocycles. The molecule has 16 heavy (non-hydrogen) atoms. The van der Waals surface area contributed by atoms with E-state index in [-0.39, 0.29) is 19.2 Å². The number of aliphatic hydroxyl groups is 1. The average Bonchev–Trinajstić information content (AvgIpc) is 2.27. The smallest absolute Gasteiger partial charge is 0.306 e. The number of ether oxygens (including phenoxy) is 1. The topological polar surface area (TPSA) is 46.5 Å². The number of hydrogen-bond donors (Lipinski definition) is 1. The van der Waals surface area contributed by atoms with Crippen LogP contribution in [0.25, 0.3) is 0 Å². The minimum Gasteiger partial charge on any atom is -0.466 e. The summed E-state index contributed by atoms with van der Waals surface area (Å²) in [6, 6.07) is 7.41. The summed E-state index contributed by atoms with van der Waals surface area (Å²) in [5, 5.41) is 9.18. The van der Waals surface area contributed by atoms with Crippen molar-refractivity contribution in [3.8, 4) is 0 Å². The van der Waals surface area contributed by atoms with Gasteiger partial charge < -0.3 is 9.84 Å². The summed E-state index contributed by atoms with van der Waals surface area (Å²) in [4.78, 5) is 11.2. The Balaban J connectivity index is 2.26. The van der Waals surface area contributed by atoms with E-state index in [4.69, 9.17) is 21.4 Å². The van der Waals surface area contributed by atoms with Crippen LogP contribution in [0, 0.1) is 0 Å². The predicted molar refractivity (Wildman–Crippen MR) is 62.4 cm³/mol. The summed E-state index contributed by atoms with van der Waals surface area (Å²) in [5.74, 6) is -0.242. The molecule has 0 atom stereocenters. The summed E-state index contributed by atoms with van der Waals surface area (Å²) < 4.78 is 4.90. The molecule has 0 unspecified atom stereocenters. The lowest BCUT2D eigenvalue weighted by Crippen LogP contribution is -2.07. The zero-order valence-corrected chi connectivity index (χ0v) is 9.74. The van der Waals surface area contributed by atoms with Crippen LogP contribution in [0.15, 0.2) is 24.3 Å². The highest BCUT2D eigenvalue weighted by Gasteiger charge is 2.03. The third kappa shape index (κ3) is 5.14. The molecular formula is C12H15ClO3. The molecule has 0 aromatic heterocycles. The summed E-state index contributed by atoms with van der Waals surface area (Å²) in [6.07, 6.45) is 1.45. The SMILES string of the molecule is O=C(CCc1cccc(Cl)c1)OCCCO. The monoisotopic (exact) mass is 242 g/mol. The van der Waals surface area contributed by atoms with Crippen molar-refractivity contribution >= 4 is 17.6 Å². The highest BCUT2D eigenvalue weighted by atomic mass is 35.5. The zero-order chi connectivity index (χ0) is 11.8. The van der Waals surface area contributed by atoms with Gasteiger partial charge in [-0.15, -0.1) is 0 Å². The van der Waals surface area contributed by atoms with Crippen LogP contribution in [0.2, 0.25) is 5.02 Å². The number of hydrogen-bond acceptors (Lipinski definition) is 3. The van der Waals surface area contributed by atoms with Gasteiger partial charge in [-0.1, -0.05) is 23.7 Å². The number of halogens is 1. The van der Waals surface area contributed by atoms with Gasteiger partial charge in [-0.05, 0) is 24.1 Å². The number of rotatable bonds is 6. The van der Waals surface area contributed by atoms with Gasteiger partial charge in [0.15, 0.2) is 0 Å². The Labute approximate surface area is 100.0 Å². The first-order valence-corrected chi connectivity index (χ1v) is 5.61. The van der Waals surface area contributed by atoms with Crippen LogP contribution in [-0.2, 0) is 16.0 Å². The Bertz CT molecular complexity index is 339. The molecule has 0 radical (unpaired) electrons. The van der Waals surface area contributed by atoms with Gasteiger partial charge in [-0.3, -0.25) is 4.79 Å². The van der Waals surface area contributed by atoms with Crippen molar-refractivity contribution in [1.29, 1.82) is 0 Å². The molecule has 0 saturated carbocycles. The van der Waals surface area contributed by atoms with Crippen molar-refractivity contribution in [3.63, 3.8) is 0 Å². The second-order valence-electron chi connectivity index (χ2n) is 3.43. The molecule has 1 rings (SSSR count). The third-order valence-corrected chi connectivity index (χ3v) is 2.31. The van der Waals surface area contributed by atoms with Crippen LogP contribution >= 0.6 is 11.6 Å². The van der Waals surface area contributed by atoms with Gasteiger partial charge in [0, 0.05) is 24.5 Å². The van der Waals surface area contributed by atoms with E-state index in [0.717, 1.165) is 5.56 Å². The fourth-order valence-corrected chi connectivity index (χ4v) is 1.47. The molecule has 1 aromatic rings. The summed E-state index contributed by atoms with van der Waals surface area (Å²) in [6.45, 7) is 0.326. The molecule has 0 saturated heterocycles. The average molecular weight is 243 g/mol. The number of carbonyl (C=O) groups excluding carboxylic acids is 1. The van der Waals surface area contributed by atoms with Crippen molar-refractivity contribution in [2.75, 3.05) is 13.2 Å². The summed E-state index contributed by atoms with van der Waals surface area (Å²) in [7, 11) is 0. The number of esters is 1. The Morgan fingerprint density at radius 3 is 2.94 bits per heavy atom. The second-order valence-corrected chi connectivity index (χ2v) is 3.86. The Morgan fingerprint density at radius 2 is 2.25 bits per heavy atom. The van der Waals surface area contributed by atoms with Crippen LogP contribution in [0.4, 0.5) is 0 Å². The lowest BCUT2D eigenvalue weighted by atomic mass is 10.1. The van der Waals surface area contributed by atoms with Gasteiger partial charge >= 0.3 is 5.97 Å². The molecule has 0 aliphatic rings. The second kappa shape index (κ2) is 7.25. The summed E-state index contributed by atoms with van der Waals surface area (Å²) in [5.41, 5.74) is 1.02. The molecule has 0 fully saturated rings. The van der Waals surface area contributed by atoms with Gasteiger partial charge in [0.05, 0.1) is 6.61 Å². The van der Waals surface area contributed by atoms with Crippen molar-refractivity contribution in [3.05, 3.63) is 34.9 Å². The van der Waals surface area contributed by atoms with E-state index in [2.05, 4.69) is 0 Å². The van der Waals surface area contributed by atoms with Gasteiger partial charge in [-0.25, -0.2) is 0 Å². The minimum absolute atomic E-state index is 0.0432. The van der Waals surface area contributed by atoms with Crippen molar-refractivity contribution < 1.29 is 14.6 Å². The van der Waals surface area contributed by atoms with E-state index in [0.29, 0.717) is 24.3 Å². The molecule has 0 bridgehead atoms. The van der Waals surface area contributed by atoms with Crippen LogP contribution in [0.3, 0.4) is 0 Å². The van der Waals surface area contributed by atoms with Gasteiger partial charge in [0.1, 0.15) is 0 Å². The van der Waals surface area contributed by atoms with Crippen molar-refractivity contribution in [2.45, 2.75) is 19.3 Å². The quantitative estimate of drug-likeness (QED) is 0.615. The van der Waals surface area contributed by atoms with Crippen LogP contribution in [0.5, 0.6) is 0 Å². The first-order valence-electron chi connectivity index (χ1n) is 5.23. The molecule has 0 aliphatic carbocycles. The number of aliphatic hydroxyl groups excluding tert-OH is 1. The molecule has 88 valence electrons. The Hall–Kier alpha value is -1.06. The van der Waals surface area contributed by atoms with Crippen LogP contribution in [0.1, 0.15) is 18.4 Å². The first-order chi connectivity index (χ1) is 7.72. The molecule has 3 nitrogen and oxygen atoms in total. The molecule has 4 heteroatoms. The zero-order valence-electron chi connectivity index (χ0n) is 8.99. The lowest BCUT2D eigenvalue weighted by Gasteiger charge is -2.04. The van der Waals surface area contributed by atoms with E-state index in [1.807, 2.05) is 18.2 Å². The molecule has 1 aromatic carbocycles. The number of benzene rings is 1. The Morgan fingerprint density at radius 1 is 1.44 bits per heavy atom. The van der Waals surface area contributed by atoms with Crippen LogP contribution in [-0.4, -0.2) is 24.3 Å². The van der Waals surface area contributed by atoms with Crippen molar-refractivity contribution in [1.82, 2.24) is 0 Å². The predicted octanol–water partition coefficient (Wildman–Crippen LogP) is 2.20. The normalized spacial score (nSPS) is 10.1. The van der Waals surface area contributed by atoms with Crippen molar-refractivity contribution in [2.24, 2.45) is 0 Å². The van der Waals surface area contributed by atoms with E-state index >= 15 is 0 Å². The third-order valence-electron chi connectivity index (χ3n) is 2.07. The molecule has 0 heterocycles. The maximum atomic E-state index is 11.2. The van der Waals surface area contributed by atoms with E-state index in [1.54, 1.807) is 6.07 Å². The van der Waals surface area contributed by atoms with Gasteiger partial charge in [-0.2, -0.15) is 0 Å². The standard InChI is InChI=1S/C12H15ClO3/c13-11-4-1-3-10(9-11)5-6-12(15)16-8-2-7-14/h1,3-4,9,14H,2,5-8H2. The van der Waals surface area contributed by atoms with Gasteiger partial charge in [0.25, 0.3) is 0 Å². The molecule has 0 spiro atoms. The highest BCUT2D eigenvalue weighted by molar-refractivity contribution is 6.30. The number of carbonyl (C=O) groups is 1. The lowest BCUT2D eigenvalue weighted by molar-refractivity contribution is -0.143. The molecule has 1 N–H and O–H groups in total. The molecular weight excluding hydrogens is 228 g/mol. The fourth-order valence-electron chi connectivity index (χ4n) is 1.26. The maximum Gasteiger partial charge on any atom is 0.306 e. The van der Waals surface area contributed by atoms with E-state index in [1.165, 1.54) is 0 Å². The Kier molecular flexibility index (Phi) is 5.90.